The van der Waals surface area contributed by atoms with E-state index in [4.69, 9.17) is 23.2 Å². The van der Waals surface area contributed by atoms with Crippen molar-refractivity contribution in [3.05, 3.63) is 88.5 Å². The van der Waals surface area contributed by atoms with Crippen molar-refractivity contribution in [2.75, 3.05) is 6.61 Å². The van der Waals surface area contributed by atoms with Crippen LogP contribution >= 0.6 is 0 Å². The Labute approximate surface area is 156 Å². The van der Waals surface area contributed by atoms with Crippen LogP contribution in [0.15, 0.2) is 77.3 Å². The zero-order chi connectivity index (χ0) is 25.6. The molecule has 1 aliphatic rings. The Kier molecular flexibility index (Phi) is 2.34. The number of carbonyl (C=O) groups excluding carboxylic acids is 1. The number of allylic oxidation sites excluding steroid dienone is 1. The molecule has 1 unspecified atom stereocenters. The number of rotatable bonds is 4. The van der Waals surface area contributed by atoms with Crippen molar-refractivity contribution in [3.8, 4) is 0 Å². The van der Waals surface area contributed by atoms with Gasteiger partial charge in [-0.1, -0.05) is 60.4 Å². The van der Waals surface area contributed by atoms with Crippen molar-refractivity contribution in [1.29, 1.82) is 0 Å². The monoisotopic (exact) mass is 330 g/mol. The molecule has 0 N–H and O–H groups in total. The molecule has 24 heavy (non-hydrogen) atoms. The minimum atomic E-state index is -1.38. The molecule has 0 saturated carbocycles. The minimum Gasteiger partial charge on any atom is -0.485 e. The van der Waals surface area contributed by atoms with Crippen LogP contribution in [-0.4, -0.2) is 12.6 Å². The molecule has 122 valence electrons. The van der Waals surface area contributed by atoms with Crippen LogP contribution in [0.5, 0.6) is 0 Å². The summed E-state index contributed by atoms with van der Waals surface area (Å²) in [5.74, 6) is -0.789. The molecular weight excluding hydrogens is 300 g/mol. The van der Waals surface area contributed by atoms with Gasteiger partial charge >= 0.3 is 5.97 Å². The zero-order valence-electron chi connectivity index (χ0n) is 23.1. The van der Waals surface area contributed by atoms with Crippen molar-refractivity contribution in [2.45, 2.75) is 20.0 Å². The van der Waals surface area contributed by atoms with Crippen molar-refractivity contribution in [3.63, 3.8) is 0 Å². The second-order valence-electron chi connectivity index (χ2n) is 4.83. The van der Waals surface area contributed by atoms with Gasteiger partial charge < -0.3 is 9.47 Å². The number of ether oxygens (including phenoxy) is 2. The molecule has 1 heterocycles. The molecule has 0 saturated heterocycles. The first-order valence-corrected chi connectivity index (χ1v) is 7.25. The molecule has 3 heteroatoms. The highest BCUT2D eigenvalue weighted by atomic mass is 16.5. The highest BCUT2D eigenvalue weighted by Gasteiger charge is 2.35. The van der Waals surface area contributed by atoms with E-state index in [9.17, 15) is 4.79 Å². The van der Waals surface area contributed by atoms with Gasteiger partial charge in [-0.2, -0.15) is 0 Å². The molecular formula is C21H20O3. The normalized spacial score (nSPS) is 24.4. The third-order valence-electron chi connectivity index (χ3n) is 3.30. The van der Waals surface area contributed by atoms with E-state index < -0.39 is 72.5 Å². The third kappa shape index (κ3) is 3.25. The molecule has 3 nitrogen and oxygen atoms in total. The van der Waals surface area contributed by atoms with Gasteiger partial charge in [-0.3, -0.25) is 0 Å². The van der Waals surface area contributed by atoms with Crippen LogP contribution in [0.4, 0.5) is 0 Å². The fourth-order valence-electron chi connectivity index (χ4n) is 2.34. The largest absolute Gasteiger partial charge is 0.485 e. The number of hydrogen-bond donors (Lipinski definition) is 0. The highest BCUT2D eigenvalue weighted by Crippen LogP contribution is 2.42. The van der Waals surface area contributed by atoms with E-state index in [0.29, 0.717) is 0 Å². The Bertz CT molecular complexity index is 1220. The van der Waals surface area contributed by atoms with E-state index >= 15 is 0 Å². The summed E-state index contributed by atoms with van der Waals surface area (Å²) in [7, 11) is 0. The van der Waals surface area contributed by atoms with Crippen LogP contribution in [0.1, 0.15) is 44.8 Å². The first-order valence-electron chi connectivity index (χ1n) is 12.2. The molecule has 1 atom stereocenters. The second-order valence-corrected chi connectivity index (χ2v) is 4.83. The molecule has 0 fully saturated rings. The van der Waals surface area contributed by atoms with Crippen molar-refractivity contribution >= 4 is 12.0 Å². The number of esters is 1. The van der Waals surface area contributed by atoms with E-state index in [1.54, 1.807) is 6.92 Å². The number of carbonyl (C=O) groups is 1. The fourth-order valence-corrected chi connectivity index (χ4v) is 2.34. The summed E-state index contributed by atoms with van der Waals surface area (Å²) < 4.78 is 91.2. The van der Waals surface area contributed by atoms with Gasteiger partial charge in [0.1, 0.15) is 17.4 Å². The smallest absolute Gasteiger partial charge is 0.341 e. The van der Waals surface area contributed by atoms with Crippen LogP contribution in [0.2, 0.25) is 0 Å². The summed E-state index contributed by atoms with van der Waals surface area (Å²) in [5.41, 5.74) is -0.680. The predicted molar refractivity (Wildman–Crippen MR) is 94.0 cm³/mol. The minimum absolute atomic E-state index is 0.0108. The highest BCUT2D eigenvalue weighted by molar-refractivity contribution is 5.97. The van der Waals surface area contributed by atoms with Crippen LogP contribution in [-0.2, 0) is 14.3 Å². The average molecular weight is 330 g/mol. The summed E-state index contributed by atoms with van der Waals surface area (Å²) in [6.45, 7) is 3.02. The molecule has 0 radical (unpaired) electrons. The molecule has 0 bridgehead atoms. The molecule has 0 amide bonds. The lowest BCUT2D eigenvalue weighted by atomic mass is 9.94. The zero-order valence-corrected chi connectivity index (χ0v) is 13.1. The Balaban J connectivity index is 2.38. The maximum absolute atomic E-state index is 12.8. The molecule has 0 aliphatic carbocycles. The van der Waals surface area contributed by atoms with Crippen LogP contribution in [0.3, 0.4) is 0 Å². The lowest BCUT2D eigenvalue weighted by molar-refractivity contribution is -0.138. The SMILES string of the molecule is [2H]c1c([2H])c([2H])c(/C=C2\C(C(=O)OCC)=C(C)OC2c2c([2H])c([2H])c([2H])c([2H])c2[2H])c([2H])c1[2H]. The summed E-state index contributed by atoms with van der Waals surface area (Å²) in [5, 5.41) is 0. The van der Waals surface area contributed by atoms with Crippen LogP contribution in [0.25, 0.3) is 6.08 Å². The van der Waals surface area contributed by atoms with Crippen molar-refractivity contribution < 1.29 is 28.0 Å². The first-order chi connectivity index (χ1) is 15.8. The summed E-state index contributed by atoms with van der Waals surface area (Å²) in [6, 6.07) is -5.79. The second kappa shape index (κ2) is 7.18. The lowest BCUT2D eigenvalue weighted by Crippen LogP contribution is -2.10. The quantitative estimate of drug-likeness (QED) is 0.764. The van der Waals surface area contributed by atoms with Gasteiger partial charge in [0.05, 0.1) is 20.3 Å². The Morgan fingerprint density at radius 3 is 2.42 bits per heavy atom. The molecule has 2 aromatic carbocycles. The van der Waals surface area contributed by atoms with E-state index in [1.807, 2.05) is 0 Å². The summed E-state index contributed by atoms with van der Waals surface area (Å²) in [4.78, 5) is 12.8. The lowest BCUT2D eigenvalue weighted by Gasteiger charge is -2.15. The van der Waals surface area contributed by atoms with Gasteiger partial charge in [0, 0.05) is 5.57 Å². The van der Waals surface area contributed by atoms with Gasteiger partial charge in [0.15, 0.2) is 0 Å². The first kappa shape index (κ1) is 7.84. The van der Waals surface area contributed by atoms with Crippen molar-refractivity contribution in [2.24, 2.45) is 0 Å². The molecule has 3 rings (SSSR count). The Morgan fingerprint density at radius 2 is 1.79 bits per heavy atom. The molecule has 2 aromatic rings. The standard InChI is InChI=1S/C21H20O3/c1-3-23-21(22)19-15(2)24-20(17-12-8-5-9-13-17)18(19)14-16-10-6-4-7-11-16/h4-14,20H,3H2,1-2H3/b18-14+/i4D,5D,6D,7D,8D,9D,10D,11D,12D,13D. The van der Waals surface area contributed by atoms with E-state index in [0.717, 1.165) is 6.08 Å². The number of benzene rings is 2. The maximum atomic E-state index is 12.8. The molecule has 0 aromatic heterocycles. The van der Waals surface area contributed by atoms with Gasteiger partial charge in [-0.25, -0.2) is 4.79 Å². The van der Waals surface area contributed by atoms with Crippen molar-refractivity contribution in [1.82, 2.24) is 0 Å². The summed E-state index contributed by atoms with van der Waals surface area (Å²) >= 11 is 0. The van der Waals surface area contributed by atoms with Crippen LogP contribution in [0, 0.1) is 0 Å². The van der Waals surface area contributed by atoms with Gasteiger partial charge in [-0.15, -0.1) is 0 Å². The molecule has 1 aliphatic heterocycles. The van der Waals surface area contributed by atoms with E-state index in [1.165, 1.54) is 6.92 Å². The number of hydrogen-bond acceptors (Lipinski definition) is 3. The van der Waals surface area contributed by atoms with Gasteiger partial charge in [0.2, 0.25) is 0 Å². The van der Waals surface area contributed by atoms with Gasteiger partial charge in [-0.05, 0) is 31.1 Å². The van der Waals surface area contributed by atoms with E-state index in [2.05, 4.69) is 0 Å². The summed E-state index contributed by atoms with van der Waals surface area (Å²) in [6.07, 6.45) is -0.236. The topological polar surface area (TPSA) is 35.5 Å². The Morgan fingerprint density at radius 1 is 1.17 bits per heavy atom. The third-order valence-corrected chi connectivity index (χ3v) is 3.30. The fraction of sp³-hybridized carbons (Fsp3) is 0.190. The van der Waals surface area contributed by atoms with E-state index in [-0.39, 0.29) is 34.6 Å². The maximum Gasteiger partial charge on any atom is 0.341 e. The predicted octanol–water partition coefficient (Wildman–Crippen LogP) is 4.68. The van der Waals surface area contributed by atoms with Gasteiger partial charge in [0.25, 0.3) is 0 Å². The Hall–Kier alpha value is -2.81. The van der Waals surface area contributed by atoms with Crippen LogP contribution < -0.4 is 0 Å². The average Bonchev–Trinajstić information content (AvgIpc) is 3.12. The molecule has 0 spiro atoms.